The molecule has 1 aromatic rings. The molecule has 0 saturated carbocycles. The number of pyridine rings is 1. The normalized spacial score (nSPS) is 26.0. The van der Waals surface area contributed by atoms with Gasteiger partial charge in [0.2, 0.25) is 10.0 Å². The molecule has 8 heteroatoms. The molecule has 3 aliphatic rings. The lowest BCUT2D eigenvalue weighted by atomic mass is 9.94. The number of rotatable bonds is 2. The van der Waals surface area contributed by atoms with Crippen LogP contribution in [0.5, 0.6) is 5.75 Å². The van der Waals surface area contributed by atoms with Crippen LogP contribution in [0.4, 0.5) is 0 Å². The summed E-state index contributed by atoms with van der Waals surface area (Å²) in [6.07, 6.45) is 4.35. The zero-order valence-corrected chi connectivity index (χ0v) is 13.2. The lowest BCUT2D eigenvalue weighted by Crippen LogP contribution is -2.47. The Hall–Kier alpha value is -1.67. The van der Waals surface area contributed by atoms with Crippen LogP contribution < -0.4 is 0 Å². The second-order valence-electron chi connectivity index (χ2n) is 6.01. The Morgan fingerprint density at radius 3 is 2.77 bits per heavy atom. The second-order valence-corrected chi connectivity index (χ2v) is 7.99. The molecule has 0 radical (unpaired) electrons. The summed E-state index contributed by atoms with van der Waals surface area (Å²) >= 11 is 0. The molecule has 0 aliphatic carbocycles. The number of fused-ring (bicyclic) bond motifs is 4. The van der Waals surface area contributed by atoms with Crippen LogP contribution in [-0.4, -0.2) is 65.6 Å². The summed E-state index contributed by atoms with van der Waals surface area (Å²) in [4.78, 5) is 18.3. The fourth-order valence-corrected chi connectivity index (χ4v) is 4.18. The van der Waals surface area contributed by atoms with Crippen molar-refractivity contribution in [2.75, 3.05) is 25.9 Å². The van der Waals surface area contributed by atoms with Gasteiger partial charge < -0.3 is 10.0 Å². The molecule has 2 atom stereocenters. The van der Waals surface area contributed by atoms with Crippen LogP contribution in [0.15, 0.2) is 18.3 Å². The highest BCUT2D eigenvalue weighted by atomic mass is 32.2. The van der Waals surface area contributed by atoms with Crippen LogP contribution in [0.25, 0.3) is 0 Å². The first kappa shape index (κ1) is 15.2. The molecule has 1 aromatic heterocycles. The van der Waals surface area contributed by atoms with E-state index in [1.807, 2.05) is 0 Å². The van der Waals surface area contributed by atoms with Crippen molar-refractivity contribution >= 4 is 15.9 Å². The Morgan fingerprint density at radius 1 is 1.32 bits per heavy atom. The molecule has 3 saturated heterocycles. The molecule has 7 nitrogen and oxygen atoms in total. The minimum atomic E-state index is -3.27. The maximum absolute atomic E-state index is 12.7. The van der Waals surface area contributed by atoms with Gasteiger partial charge in [0.15, 0.2) is 5.69 Å². The fourth-order valence-electron chi connectivity index (χ4n) is 3.26. The van der Waals surface area contributed by atoms with Gasteiger partial charge >= 0.3 is 0 Å². The number of sulfonamides is 1. The SMILES string of the molecule is CS(=O)(=O)N1C[C@@H]2CC[C@H](C1)N(C(=O)c1ncccc1O)C2. The van der Waals surface area contributed by atoms with Crippen molar-refractivity contribution in [3.05, 3.63) is 24.0 Å². The van der Waals surface area contributed by atoms with Crippen molar-refractivity contribution in [1.82, 2.24) is 14.2 Å². The molecule has 3 fully saturated rings. The molecule has 1 amide bonds. The summed E-state index contributed by atoms with van der Waals surface area (Å²) < 4.78 is 25.1. The summed E-state index contributed by atoms with van der Waals surface area (Å²) in [6.45, 7) is 1.27. The van der Waals surface area contributed by atoms with Gasteiger partial charge in [-0.15, -0.1) is 0 Å². The van der Waals surface area contributed by atoms with Crippen molar-refractivity contribution in [2.24, 2.45) is 5.92 Å². The summed E-state index contributed by atoms with van der Waals surface area (Å²) in [5, 5.41) is 9.82. The summed E-state index contributed by atoms with van der Waals surface area (Å²) in [7, 11) is -3.27. The molecule has 22 heavy (non-hydrogen) atoms. The Balaban J connectivity index is 1.88. The molecular formula is C14H19N3O4S. The van der Waals surface area contributed by atoms with E-state index in [1.54, 1.807) is 11.0 Å². The van der Waals surface area contributed by atoms with E-state index in [4.69, 9.17) is 0 Å². The Kier molecular flexibility index (Phi) is 3.82. The molecule has 4 heterocycles. The maximum Gasteiger partial charge on any atom is 0.276 e. The highest BCUT2D eigenvalue weighted by Crippen LogP contribution is 2.30. The Labute approximate surface area is 129 Å². The molecule has 1 N–H and O–H groups in total. The number of nitrogens with zero attached hydrogens (tertiary/aromatic N) is 3. The number of hydrogen-bond acceptors (Lipinski definition) is 5. The average Bonchev–Trinajstić information content (AvgIpc) is 2.78. The van der Waals surface area contributed by atoms with E-state index in [9.17, 15) is 18.3 Å². The van der Waals surface area contributed by atoms with Crippen LogP contribution in [0.2, 0.25) is 0 Å². The topological polar surface area (TPSA) is 90.8 Å². The lowest BCUT2D eigenvalue weighted by Gasteiger charge is -2.35. The molecule has 120 valence electrons. The van der Waals surface area contributed by atoms with Crippen molar-refractivity contribution in [2.45, 2.75) is 18.9 Å². The van der Waals surface area contributed by atoms with E-state index in [2.05, 4.69) is 4.98 Å². The molecule has 0 spiro atoms. The predicted octanol–water partition coefficient (Wildman–Crippen LogP) is 0.283. The van der Waals surface area contributed by atoms with Crippen LogP contribution in [0.1, 0.15) is 23.3 Å². The van der Waals surface area contributed by atoms with Gasteiger partial charge in [-0.1, -0.05) is 0 Å². The van der Waals surface area contributed by atoms with Crippen LogP contribution >= 0.6 is 0 Å². The third kappa shape index (κ3) is 2.80. The van der Waals surface area contributed by atoms with Crippen LogP contribution in [0.3, 0.4) is 0 Å². The lowest BCUT2D eigenvalue weighted by molar-refractivity contribution is 0.0579. The number of aromatic hydroxyl groups is 1. The van der Waals surface area contributed by atoms with Crippen molar-refractivity contribution < 1.29 is 18.3 Å². The van der Waals surface area contributed by atoms with Gasteiger partial charge in [-0.25, -0.2) is 13.4 Å². The van der Waals surface area contributed by atoms with E-state index in [-0.39, 0.29) is 29.3 Å². The van der Waals surface area contributed by atoms with Crippen molar-refractivity contribution in [3.63, 3.8) is 0 Å². The highest BCUT2D eigenvalue weighted by molar-refractivity contribution is 7.88. The third-order valence-corrected chi connectivity index (χ3v) is 5.64. The van der Waals surface area contributed by atoms with E-state index >= 15 is 0 Å². The fraction of sp³-hybridized carbons (Fsp3) is 0.571. The van der Waals surface area contributed by atoms with Crippen LogP contribution in [0, 0.1) is 5.92 Å². The first-order valence-electron chi connectivity index (χ1n) is 7.26. The van der Waals surface area contributed by atoms with E-state index < -0.39 is 10.0 Å². The van der Waals surface area contributed by atoms with Gasteiger partial charge in [0, 0.05) is 31.9 Å². The monoisotopic (exact) mass is 325 g/mol. The van der Waals surface area contributed by atoms with Crippen molar-refractivity contribution in [1.29, 1.82) is 0 Å². The number of aromatic nitrogens is 1. The zero-order valence-electron chi connectivity index (χ0n) is 12.3. The summed E-state index contributed by atoms with van der Waals surface area (Å²) in [6, 6.07) is 2.83. The summed E-state index contributed by atoms with van der Waals surface area (Å²) in [5.74, 6) is -0.348. The average molecular weight is 325 g/mol. The molecule has 0 unspecified atom stereocenters. The standard InChI is InChI=1S/C14H19N3O4S/c1-22(20,21)16-7-10-4-5-11(9-16)17(8-10)14(19)13-12(18)3-2-6-15-13/h2-3,6,10-11,18H,4-5,7-9H2,1H3/t10-,11+/m0/s1. The van der Waals surface area contributed by atoms with E-state index in [1.165, 1.54) is 22.8 Å². The number of carbonyl (C=O) groups is 1. The van der Waals surface area contributed by atoms with Gasteiger partial charge in [0.1, 0.15) is 5.75 Å². The quantitative estimate of drug-likeness (QED) is 0.843. The molecule has 0 aromatic carbocycles. The highest BCUT2D eigenvalue weighted by Gasteiger charge is 2.40. The van der Waals surface area contributed by atoms with E-state index in [0.29, 0.717) is 19.6 Å². The second kappa shape index (κ2) is 5.51. The molecular weight excluding hydrogens is 306 g/mol. The van der Waals surface area contributed by atoms with Gasteiger partial charge in [0.05, 0.1) is 6.26 Å². The number of piperidine rings is 1. The Bertz CT molecular complexity index is 691. The molecule has 2 bridgehead atoms. The van der Waals surface area contributed by atoms with Gasteiger partial charge in [-0.2, -0.15) is 4.31 Å². The van der Waals surface area contributed by atoms with Gasteiger partial charge in [-0.05, 0) is 30.9 Å². The minimum absolute atomic E-state index is 0.0287. The maximum atomic E-state index is 12.7. The first-order valence-corrected chi connectivity index (χ1v) is 9.11. The summed E-state index contributed by atoms with van der Waals surface area (Å²) in [5.41, 5.74) is 0.0287. The van der Waals surface area contributed by atoms with Gasteiger partial charge in [-0.3, -0.25) is 4.79 Å². The molecule has 3 aliphatic heterocycles. The number of carbonyl (C=O) groups excluding carboxylic acids is 1. The van der Waals surface area contributed by atoms with Gasteiger partial charge in [0.25, 0.3) is 5.91 Å². The number of hydrogen-bond donors (Lipinski definition) is 1. The van der Waals surface area contributed by atoms with E-state index in [0.717, 1.165) is 12.8 Å². The zero-order chi connectivity index (χ0) is 15.9. The number of amides is 1. The molecule has 4 rings (SSSR count). The third-order valence-electron chi connectivity index (χ3n) is 4.40. The van der Waals surface area contributed by atoms with Crippen molar-refractivity contribution in [3.8, 4) is 5.75 Å². The van der Waals surface area contributed by atoms with Crippen LogP contribution in [-0.2, 0) is 10.0 Å². The largest absolute Gasteiger partial charge is 0.505 e. The first-order chi connectivity index (χ1) is 10.4. The smallest absolute Gasteiger partial charge is 0.276 e. The Morgan fingerprint density at radius 2 is 2.09 bits per heavy atom. The minimum Gasteiger partial charge on any atom is -0.505 e. The predicted molar refractivity (Wildman–Crippen MR) is 79.9 cm³/mol.